The van der Waals surface area contributed by atoms with Crippen molar-refractivity contribution in [2.24, 2.45) is 11.7 Å². The van der Waals surface area contributed by atoms with E-state index >= 15 is 0 Å². The molecule has 94 valence electrons. The summed E-state index contributed by atoms with van der Waals surface area (Å²) < 4.78 is 5.65. The van der Waals surface area contributed by atoms with E-state index in [1.165, 1.54) is 51.6 Å². The molecule has 1 heterocycles. The van der Waals surface area contributed by atoms with Gasteiger partial charge in [-0.3, -0.25) is 4.90 Å². The minimum absolute atomic E-state index is 0.463. The van der Waals surface area contributed by atoms with E-state index in [1.54, 1.807) is 0 Å². The molecule has 2 aliphatic rings. The van der Waals surface area contributed by atoms with Gasteiger partial charge in [0.25, 0.3) is 0 Å². The van der Waals surface area contributed by atoms with Crippen molar-refractivity contribution in [1.82, 2.24) is 4.90 Å². The van der Waals surface area contributed by atoms with Crippen molar-refractivity contribution in [3.8, 4) is 0 Å². The number of rotatable bonds is 3. The number of nitrogens with zero attached hydrogens (tertiary/aromatic N) is 1. The Morgan fingerprint density at radius 2 is 2.00 bits per heavy atom. The number of nitrogens with two attached hydrogens (primary N) is 1. The smallest absolute Gasteiger partial charge is 0.0726 e. The molecule has 1 aliphatic carbocycles. The Labute approximate surface area is 99.3 Å². The highest BCUT2D eigenvalue weighted by molar-refractivity contribution is 4.87. The van der Waals surface area contributed by atoms with Crippen LogP contribution < -0.4 is 5.73 Å². The van der Waals surface area contributed by atoms with Gasteiger partial charge < -0.3 is 10.5 Å². The minimum atomic E-state index is 0.463. The first-order valence-electron chi connectivity index (χ1n) is 6.82. The summed E-state index contributed by atoms with van der Waals surface area (Å²) in [5.41, 5.74) is 5.80. The average Bonchev–Trinajstić information content (AvgIpc) is 2.38. The Hall–Kier alpha value is -0.120. The number of hydrogen-bond donors (Lipinski definition) is 1. The van der Waals surface area contributed by atoms with Crippen molar-refractivity contribution in [2.45, 2.75) is 50.7 Å². The van der Waals surface area contributed by atoms with Crippen LogP contribution in [0.2, 0.25) is 0 Å². The van der Waals surface area contributed by atoms with E-state index < -0.39 is 0 Å². The number of hydrogen-bond acceptors (Lipinski definition) is 3. The van der Waals surface area contributed by atoms with Crippen LogP contribution in [0.5, 0.6) is 0 Å². The van der Waals surface area contributed by atoms with Crippen molar-refractivity contribution < 1.29 is 4.74 Å². The lowest BCUT2D eigenvalue weighted by Crippen LogP contribution is -2.51. The molecular formula is C13H26N2O. The van der Waals surface area contributed by atoms with E-state index in [0.717, 1.165) is 6.54 Å². The van der Waals surface area contributed by atoms with Gasteiger partial charge in [-0.25, -0.2) is 0 Å². The molecule has 0 radical (unpaired) electrons. The first-order chi connectivity index (χ1) is 7.85. The molecule has 2 fully saturated rings. The van der Waals surface area contributed by atoms with Crippen molar-refractivity contribution in [3.63, 3.8) is 0 Å². The summed E-state index contributed by atoms with van der Waals surface area (Å²) in [5, 5.41) is 0. The van der Waals surface area contributed by atoms with Crippen LogP contribution in [0.3, 0.4) is 0 Å². The zero-order valence-corrected chi connectivity index (χ0v) is 10.5. The molecule has 0 aromatic carbocycles. The zero-order chi connectivity index (χ0) is 11.4. The molecule has 2 rings (SSSR count). The predicted octanol–water partition coefficient (Wildman–Crippen LogP) is 1.61. The molecule has 0 aromatic rings. The second kappa shape index (κ2) is 5.99. The van der Waals surface area contributed by atoms with Crippen LogP contribution in [0.25, 0.3) is 0 Å². The standard InChI is InChI=1S/C13H26N2O/c1-16-13-7-3-2-6-12(13)15-8-4-5-11(9-14)10-15/h11-13H,2-10,14H2,1H3. The van der Waals surface area contributed by atoms with Crippen molar-refractivity contribution in [3.05, 3.63) is 0 Å². The molecule has 0 aromatic heterocycles. The minimum Gasteiger partial charge on any atom is -0.380 e. The summed E-state index contributed by atoms with van der Waals surface area (Å²) in [7, 11) is 1.87. The largest absolute Gasteiger partial charge is 0.380 e. The lowest BCUT2D eigenvalue weighted by atomic mass is 9.88. The SMILES string of the molecule is COC1CCCCC1N1CCCC(CN)C1. The Bertz CT molecular complexity index is 210. The Balaban J connectivity index is 1.93. The molecule has 3 unspecified atom stereocenters. The van der Waals surface area contributed by atoms with Gasteiger partial charge >= 0.3 is 0 Å². The average molecular weight is 226 g/mol. The highest BCUT2D eigenvalue weighted by Gasteiger charge is 2.32. The van der Waals surface area contributed by atoms with Crippen LogP contribution in [0.4, 0.5) is 0 Å². The third kappa shape index (κ3) is 2.76. The molecule has 3 nitrogen and oxygen atoms in total. The van der Waals surface area contributed by atoms with Crippen LogP contribution >= 0.6 is 0 Å². The maximum Gasteiger partial charge on any atom is 0.0726 e. The Kier molecular flexibility index (Phi) is 4.62. The molecule has 0 bridgehead atoms. The number of likely N-dealkylation sites (tertiary alicyclic amines) is 1. The summed E-state index contributed by atoms with van der Waals surface area (Å²) in [6.07, 6.45) is 8.36. The van der Waals surface area contributed by atoms with Crippen molar-refractivity contribution in [1.29, 1.82) is 0 Å². The highest BCUT2D eigenvalue weighted by Crippen LogP contribution is 2.28. The van der Waals surface area contributed by atoms with Gasteiger partial charge in [0.1, 0.15) is 0 Å². The first-order valence-corrected chi connectivity index (χ1v) is 6.82. The summed E-state index contributed by atoms with van der Waals surface area (Å²) in [6.45, 7) is 3.29. The first kappa shape index (κ1) is 12.3. The van der Waals surface area contributed by atoms with Gasteiger partial charge in [0.05, 0.1) is 6.10 Å². The number of piperidine rings is 1. The van der Waals surface area contributed by atoms with Crippen LogP contribution in [0.1, 0.15) is 38.5 Å². The predicted molar refractivity (Wildman–Crippen MR) is 66.4 cm³/mol. The van der Waals surface area contributed by atoms with Crippen LogP contribution in [-0.4, -0.2) is 43.8 Å². The lowest BCUT2D eigenvalue weighted by Gasteiger charge is -2.43. The fourth-order valence-corrected chi connectivity index (χ4v) is 3.36. The molecular weight excluding hydrogens is 200 g/mol. The topological polar surface area (TPSA) is 38.5 Å². The molecule has 3 atom stereocenters. The Morgan fingerprint density at radius 1 is 1.19 bits per heavy atom. The van der Waals surface area contributed by atoms with E-state index in [2.05, 4.69) is 4.90 Å². The molecule has 1 saturated carbocycles. The maximum atomic E-state index is 5.80. The van der Waals surface area contributed by atoms with Gasteiger partial charge in [-0.1, -0.05) is 12.8 Å². The van der Waals surface area contributed by atoms with Crippen molar-refractivity contribution in [2.75, 3.05) is 26.7 Å². The normalized spacial score (nSPS) is 37.5. The van der Waals surface area contributed by atoms with Gasteiger partial charge in [0.2, 0.25) is 0 Å². The molecule has 1 aliphatic heterocycles. The summed E-state index contributed by atoms with van der Waals surface area (Å²) in [6, 6.07) is 0.660. The summed E-state index contributed by atoms with van der Waals surface area (Å²) >= 11 is 0. The van der Waals surface area contributed by atoms with Crippen molar-refractivity contribution >= 4 is 0 Å². The fourth-order valence-electron chi connectivity index (χ4n) is 3.36. The maximum absolute atomic E-state index is 5.80. The van der Waals surface area contributed by atoms with E-state index in [-0.39, 0.29) is 0 Å². The van der Waals surface area contributed by atoms with E-state index in [0.29, 0.717) is 18.1 Å². The molecule has 1 saturated heterocycles. The number of methoxy groups -OCH3 is 1. The monoisotopic (exact) mass is 226 g/mol. The van der Waals surface area contributed by atoms with Gasteiger partial charge in [-0.2, -0.15) is 0 Å². The quantitative estimate of drug-likeness (QED) is 0.794. The second-order valence-electron chi connectivity index (χ2n) is 5.36. The van der Waals surface area contributed by atoms with Gasteiger partial charge in [-0.15, -0.1) is 0 Å². The zero-order valence-electron chi connectivity index (χ0n) is 10.5. The number of ether oxygens (including phenoxy) is 1. The van der Waals surface area contributed by atoms with E-state index in [9.17, 15) is 0 Å². The second-order valence-corrected chi connectivity index (χ2v) is 5.36. The summed E-state index contributed by atoms with van der Waals surface area (Å²) in [4.78, 5) is 2.65. The highest BCUT2D eigenvalue weighted by atomic mass is 16.5. The van der Waals surface area contributed by atoms with Crippen LogP contribution in [0.15, 0.2) is 0 Å². The third-order valence-electron chi connectivity index (χ3n) is 4.32. The van der Waals surface area contributed by atoms with Gasteiger partial charge in [0, 0.05) is 19.7 Å². The fraction of sp³-hybridized carbons (Fsp3) is 1.00. The molecule has 3 heteroatoms. The third-order valence-corrected chi connectivity index (χ3v) is 4.32. The molecule has 16 heavy (non-hydrogen) atoms. The van der Waals surface area contributed by atoms with E-state index in [4.69, 9.17) is 10.5 Å². The molecule has 0 spiro atoms. The molecule has 2 N–H and O–H groups in total. The van der Waals surface area contributed by atoms with Crippen LogP contribution in [-0.2, 0) is 4.74 Å². The Morgan fingerprint density at radius 3 is 2.75 bits per heavy atom. The van der Waals surface area contributed by atoms with Gasteiger partial charge in [0.15, 0.2) is 0 Å². The molecule has 0 amide bonds. The van der Waals surface area contributed by atoms with E-state index in [1.807, 2.05) is 7.11 Å². The summed E-state index contributed by atoms with van der Waals surface area (Å²) in [5.74, 6) is 0.716. The van der Waals surface area contributed by atoms with Crippen LogP contribution in [0, 0.1) is 5.92 Å². The van der Waals surface area contributed by atoms with Gasteiger partial charge in [-0.05, 0) is 44.7 Å². The lowest BCUT2D eigenvalue weighted by molar-refractivity contribution is -0.0243.